The molecule has 0 aliphatic carbocycles. The second kappa shape index (κ2) is 7.47. The van der Waals surface area contributed by atoms with Gasteiger partial charge in [0.25, 0.3) is 0 Å². The molecular weight excluding hydrogens is 167 g/mol. The van der Waals surface area contributed by atoms with Gasteiger partial charge in [-0.25, -0.2) is 4.39 Å². The van der Waals surface area contributed by atoms with Gasteiger partial charge in [0, 0.05) is 0 Å². The molecule has 0 spiro atoms. The number of hydrazine groups is 1. The summed E-state index contributed by atoms with van der Waals surface area (Å²) in [7, 11) is 0. The molecule has 0 aromatic heterocycles. The quantitative estimate of drug-likeness (QED) is 0.466. The largest absolute Gasteiger partial charge is 0.274 e. The summed E-state index contributed by atoms with van der Waals surface area (Å²) in [4.78, 5) is 0. The highest BCUT2D eigenvalue weighted by Gasteiger charge is 1.83. The summed E-state index contributed by atoms with van der Waals surface area (Å²) in [5, 5.41) is 0. The standard InChI is InChI=1S/C7H7F.ClH.H4N2/c1-6-2-4-7(8)5-3-6;;1-2/h2-5H,1H3;1H;1-2H2. The maximum absolute atomic E-state index is 12.1. The molecule has 1 aromatic rings. The van der Waals surface area contributed by atoms with Crippen molar-refractivity contribution in [3.05, 3.63) is 35.6 Å². The van der Waals surface area contributed by atoms with Crippen molar-refractivity contribution in [2.24, 2.45) is 11.7 Å². The van der Waals surface area contributed by atoms with Crippen LogP contribution in [-0.4, -0.2) is 0 Å². The Morgan fingerprint density at radius 1 is 1.09 bits per heavy atom. The third kappa shape index (κ3) is 5.79. The molecule has 0 fully saturated rings. The lowest BCUT2D eigenvalue weighted by atomic mass is 10.2. The Morgan fingerprint density at radius 3 is 1.73 bits per heavy atom. The Bertz CT molecular complexity index is 155. The summed E-state index contributed by atoms with van der Waals surface area (Å²) in [6.45, 7) is 1.93. The molecule has 11 heavy (non-hydrogen) atoms. The molecule has 4 N–H and O–H groups in total. The van der Waals surface area contributed by atoms with E-state index in [1.807, 2.05) is 6.92 Å². The van der Waals surface area contributed by atoms with Crippen LogP contribution in [0.1, 0.15) is 5.56 Å². The van der Waals surface area contributed by atoms with E-state index in [-0.39, 0.29) is 18.2 Å². The smallest absolute Gasteiger partial charge is 0.123 e. The monoisotopic (exact) mass is 178 g/mol. The number of hydrogen-bond donors (Lipinski definition) is 2. The Hall–Kier alpha value is -0.640. The normalized spacial score (nSPS) is 7.27. The number of benzene rings is 1. The molecule has 1 rings (SSSR count). The topological polar surface area (TPSA) is 52.0 Å². The predicted octanol–water partition coefficient (Wildman–Crippen LogP) is 1.37. The van der Waals surface area contributed by atoms with Crippen LogP contribution in [0.3, 0.4) is 0 Å². The van der Waals surface area contributed by atoms with Gasteiger partial charge in [0.2, 0.25) is 0 Å². The van der Waals surface area contributed by atoms with Crippen LogP contribution in [0.4, 0.5) is 4.39 Å². The van der Waals surface area contributed by atoms with Gasteiger partial charge in [-0.3, -0.25) is 11.7 Å². The molecule has 0 aliphatic heterocycles. The second-order valence-corrected chi connectivity index (χ2v) is 1.80. The maximum Gasteiger partial charge on any atom is 0.123 e. The zero-order chi connectivity index (χ0) is 7.98. The third-order valence-corrected chi connectivity index (χ3v) is 1.01. The van der Waals surface area contributed by atoms with E-state index in [1.54, 1.807) is 12.1 Å². The average Bonchev–Trinajstić information content (AvgIpc) is 2.00. The van der Waals surface area contributed by atoms with Crippen LogP contribution in [0, 0.1) is 12.7 Å². The Morgan fingerprint density at radius 2 is 1.45 bits per heavy atom. The van der Waals surface area contributed by atoms with Crippen molar-refractivity contribution in [1.29, 1.82) is 0 Å². The van der Waals surface area contributed by atoms with Gasteiger partial charge in [-0.05, 0) is 19.1 Å². The molecule has 0 atom stereocenters. The molecule has 2 nitrogen and oxygen atoms in total. The summed E-state index contributed by atoms with van der Waals surface area (Å²) >= 11 is 0. The average molecular weight is 179 g/mol. The zero-order valence-corrected chi connectivity index (χ0v) is 7.07. The number of nitrogens with two attached hydrogens (primary N) is 2. The lowest BCUT2D eigenvalue weighted by molar-refractivity contribution is 0.627. The van der Waals surface area contributed by atoms with Crippen molar-refractivity contribution in [2.75, 3.05) is 0 Å². The third-order valence-electron chi connectivity index (χ3n) is 1.01. The number of aryl methyl sites for hydroxylation is 1. The van der Waals surface area contributed by atoms with Gasteiger partial charge < -0.3 is 0 Å². The zero-order valence-electron chi connectivity index (χ0n) is 6.25. The fourth-order valence-electron chi connectivity index (χ4n) is 0.533. The summed E-state index contributed by atoms with van der Waals surface area (Å²) in [5.74, 6) is 7.83. The van der Waals surface area contributed by atoms with E-state index in [9.17, 15) is 4.39 Å². The molecule has 4 heteroatoms. The second-order valence-electron chi connectivity index (χ2n) is 1.80. The lowest BCUT2D eigenvalue weighted by Gasteiger charge is -1.87. The van der Waals surface area contributed by atoms with Crippen LogP contribution >= 0.6 is 12.4 Å². The first-order chi connectivity index (χ1) is 4.79. The first-order valence-electron chi connectivity index (χ1n) is 2.84. The van der Waals surface area contributed by atoms with Crippen molar-refractivity contribution in [3.63, 3.8) is 0 Å². The summed E-state index contributed by atoms with van der Waals surface area (Å²) in [6.07, 6.45) is 0. The van der Waals surface area contributed by atoms with Crippen LogP contribution in [0.15, 0.2) is 24.3 Å². The highest BCUT2D eigenvalue weighted by Crippen LogP contribution is 1.98. The van der Waals surface area contributed by atoms with Crippen LogP contribution < -0.4 is 11.7 Å². The molecule has 64 valence electrons. The van der Waals surface area contributed by atoms with E-state index in [0.717, 1.165) is 5.56 Å². The number of halogens is 2. The van der Waals surface area contributed by atoms with Crippen LogP contribution in [0.5, 0.6) is 0 Å². The fourth-order valence-corrected chi connectivity index (χ4v) is 0.533. The molecule has 0 aliphatic rings. The first kappa shape index (κ1) is 13.0. The van der Waals surface area contributed by atoms with Gasteiger partial charge in [0.1, 0.15) is 5.82 Å². The predicted molar refractivity (Wildman–Crippen MR) is 46.8 cm³/mol. The molecule has 0 bridgehead atoms. The minimum Gasteiger partial charge on any atom is -0.274 e. The minimum atomic E-state index is -0.171. The van der Waals surface area contributed by atoms with E-state index >= 15 is 0 Å². The molecule has 1 aromatic carbocycles. The van der Waals surface area contributed by atoms with Gasteiger partial charge in [0.15, 0.2) is 0 Å². The molecule has 0 radical (unpaired) electrons. The van der Waals surface area contributed by atoms with Crippen LogP contribution in [0.2, 0.25) is 0 Å². The van der Waals surface area contributed by atoms with Crippen molar-refractivity contribution in [1.82, 2.24) is 0 Å². The van der Waals surface area contributed by atoms with Crippen molar-refractivity contribution < 1.29 is 4.39 Å². The molecule has 0 unspecified atom stereocenters. The Balaban J connectivity index is 0. The van der Waals surface area contributed by atoms with Crippen LogP contribution in [0.25, 0.3) is 0 Å². The molecule has 0 amide bonds. The molecule has 0 saturated carbocycles. The summed E-state index contributed by atoms with van der Waals surface area (Å²) < 4.78 is 12.1. The highest BCUT2D eigenvalue weighted by atomic mass is 35.5. The Labute approximate surface area is 71.8 Å². The van der Waals surface area contributed by atoms with E-state index in [2.05, 4.69) is 11.7 Å². The van der Waals surface area contributed by atoms with Gasteiger partial charge in [-0.2, -0.15) is 0 Å². The highest BCUT2D eigenvalue weighted by molar-refractivity contribution is 5.85. The van der Waals surface area contributed by atoms with Crippen molar-refractivity contribution in [2.45, 2.75) is 6.92 Å². The number of rotatable bonds is 0. The van der Waals surface area contributed by atoms with Gasteiger partial charge in [0.05, 0.1) is 0 Å². The molecular formula is C7H12ClFN2. The molecule has 0 heterocycles. The van der Waals surface area contributed by atoms with Crippen molar-refractivity contribution in [3.8, 4) is 0 Å². The van der Waals surface area contributed by atoms with Crippen LogP contribution in [-0.2, 0) is 0 Å². The Kier molecular flexibility index (Phi) is 8.82. The SMILES string of the molecule is Cc1ccc(F)cc1.Cl.NN. The van der Waals surface area contributed by atoms with E-state index in [4.69, 9.17) is 0 Å². The molecule has 0 saturated heterocycles. The van der Waals surface area contributed by atoms with E-state index in [1.165, 1.54) is 12.1 Å². The van der Waals surface area contributed by atoms with Gasteiger partial charge >= 0.3 is 0 Å². The summed E-state index contributed by atoms with van der Waals surface area (Å²) in [6, 6.07) is 6.40. The van der Waals surface area contributed by atoms with Gasteiger partial charge in [-0.1, -0.05) is 17.7 Å². The van der Waals surface area contributed by atoms with Crippen molar-refractivity contribution >= 4 is 12.4 Å². The minimum absolute atomic E-state index is 0. The van der Waals surface area contributed by atoms with Gasteiger partial charge in [-0.15, -0.1) is 12.4 Å². The van der Waals surface area contributed by atoms with E-state index in [0.29, 0.717) is 0 Å². The maximum atomic E-state index is 12.1. The fraction of sp³-hybridized carbons (Fsp3) is 0.143. The first-order valence-corrected chi connectivity index (χ1v) is 2.84. The van der Waals surface area contributed by atoms with E-state index < -0.39 is 0 Å². The summed E-state index contributed by atoms with van der Waals surface area (Å²) in [5.41, 5.74) is 1.09. The lowest BCUT2D eigenvalue weighted by Crippen LogP contribution is -2.02. The number of hydrogen-bond acceptors (Lipinski definition) is 2.